The van der Waals surface area contributed by atoms with Gasteiger partial charge >= 0.3 is 6.18 Å². The number of halogens is 3. The van der Waals surface area contributed by atoms with Crippen molar-refractivity contribution in [2.75, 3.05) is 19.0 Å². The number of methoxy groups -OCH3 is 1. The molecule has 20 heavy (non-hydrogen) atoms. The van der Waals surface area contributed by atoms with Gasteiger partial charge in [0.25, 0.3) is 0 Å². The Bertz CT molecular complexity index is 489. The molecule has 0 saturated carbocycles. The average Bonchev–Trinajstić information content (AvgIpc) is 2.37. The molecule has 0 aliphatic rings. The van der Waals surface area contributed by atoms with E-state index in [1.54, 1.807) is 25.1 Å². The topological polar surface area (TPSA) is 79.9 Å². The molecule has 0 spiro atoms. The smallest absolute Gasteiger partial charge is 0.400 e. The van der Waals surface area contributed by atoms with E-state index < -0.39 is 24.5 Å². The van der Waals surface area contributed by atoms with Gasteiger partial charge in [-0.3, -0.25) is 0 Å². The van der Waals surface area contributed by atoms with Gasteiger partial charge in [0.2, 0.25) is 0 Å². The first kappa shape index (κ1) is 15.9. The fraction of sp³-hybridized carbons (Fsp3) is 0.417. The molecule has 8 heteroatoms. The van der Waals surface area contributed by atoms with Gasteiger partial charge in [0.15, 0.2) is 5.84 Å². The zero-order valence-corrected chi connectivity index (χ0v) is 11.0. The number of benzene rings is 1. The Kier molecular flexibility index (Phi) is 5.06. The van der Waals surface area contributed by atoms with Crippen LogP contribution in [-0.4, -0.2) is 30.9 Å². The summed E-state index contributed by atoms with van der Waals surface area (Å²) in [5.74, 6) is -2.30. The van der Waals surface area contributed by atoms with Crippen LogP contribution in [0.1, 0.15) is 5.56 Å². The first-order valence-electron chi connectivity index (χ1n) is 5.72. The highest BCUT2D eigenvalue weighted by atomic mass is 19.4. The quantitative estimate of drug-likeness (QED) is 0.337. The Balaban J connectivity index is 2.80. The molecular weight excluding hydrogens is 275 g/mol. The van der Waals surface area contributed by atoms with E-state index in [2.05, 4.69) is 10.5 Å². The van der Waals surface area contributed by atoms with Crippen LogP contribution >= 0.6 is 0 Å². The third-order valence-corrected chi connectivity index (χ3v) is 2.77. The van der Waals surface area contributed by atoms with Crippen molar-refractivity contribution < 1.29 is 23.1 Å². The lowest BCUT2D eigenvalue weighted by Crippen LogP contribution is -2.40. The Hall–Kier alpha value is -2.12. The normalized spacial score (nSPS) is 13.9. The molecule has 1 aromatic carbocycles. The second kappa shape index (κ2) is 6.36. The fourth-order valence-corrected chi connectivity index (χ4v) is 1.67. The molecule has 5 nitrogen and oxygen atoms in total. The number of ether oxygens (including phenoxy) is 1. The van der Waals surface area contributed by atoms with Crippen molar-refractivity contribution in [2.24, 2.45) is 16.8 Å². The fourth-order valence-electron chi connectivity index (χ4n) is 1.67. The van der Waals surface area contributed by atoms with Crippen molar-refractivity contribution in [2.45, 2.75) is 13.1 Å². The van der Waals surface area contributed by atoms with E-state index in [0.29, 0.717) is 11.4 Å². The van der Waals surface area contributed by atoms with Crippen molar-refractivity contribution in [1.29, 1.82) is 0 Å². The van der Waals surface area contributed by atoms with Gasteiger partial charge in [0.05, 0.1) is 7.11 Å². The number of amidine groups is 1. The van der Waals surface area contributed by atoms with Gasteiger partial charge in [-0.15, -0.1) is 0 Å². The number of hydrogen-bond donors (Lipinski definition) is 3. The lowest BCUT2D eigenvalue weighted by Gasteiger charge is -2.20. The lowest BCUT2D eigenvalue weighted by atomic mass is 10.1. The van der Waals surface area contributed by atoms with E-state index in [1.807, 2.05) is 0 Å². The van der Waals surface area contributed by atoms with E-state index >= 15 is 0 Å². The van der Waals surface area contributed by atoms with E-state index in [-0.39, 0.29) is 0 Å². The van der Waals surface area contributed by atoms with Crippen molar-refractivity contribution in [3.63, 3.8) is 0 Å². The van der Waals surface area contributed by atoms with Crippen LogP contribution in [0.5, 0.6) is 5.75 Å². The lowest BCUT2D eigenvalue weighted by molar-refractivity contribution is -0.152. The summed E-state index contributed by atoms with van der Waals surface area (Å²) in [5, 5.41) is 13.4. The number of anilines is 1. The molecule has 0 saturated heterocycles. The van der Waals surface area contributed by atoms with Gasteiger partial charge in [0.1, 0.15) is 11.7 Å². The number of rotatable bonds is 5. The number of aryl methyl sites for hydroxylation is 1. The summed E-state index contributed by atoms with van der Waals surface area (Å²) in [6, 6.07) is 4.88. The van der Waals surface area contributed by atoms with Crippen LogP contribution in [0.15, 0.2) is 23.4 Å². The van der Waals surface area contributed by atoms with Crippen molar-refractivity contribution in [3.8, 4) is 5.75 Å². The third-order valence-electron chi connectivity index (χ3n) is 2.77. The predicted molar refractivity (Wildman–Crippen MR) is 69.2 cm³/mol. The van der Waals surface area contributed by atoms with Gasteiger partial charge < -0.3 is 21.0 Å². The van der Waals surface area contributed by atoms with Crippen LogP contribution in [0, 0.1) is 12.8 Å². The molecular formula is C12H16F3N3O2. The van der Waals surface area contributed by atoms with Gasteiger partial charge in [-0.1, -0.05) is 5.16 Å². The number of oxime groups is 1. The molecule has 1 unspecified atom stereocenters. The Labute approximate surface area is 114 Å². The molecule has 4 N–H and O–H groups in total. The van der Waals surface area contributed by atoms with E-state index in [4.69, 9.17) is 15.7 Å². The number of hydrogen-bond acceptors (Lipinski definition) is 4. The Morgan fingerprint density at radius 2 is 2.15 bits per heavy atom. The van der Waals surface area contributed by atoms with Gasteiger partial charge in [0, 0.05) is 12.2 Å². The van der Waals surface area contributed by atoms with Crippen LogP contribution in [0.2, 0.25) is 0 Å². The highest BCUT2D eigenvalue weighted by Crippen LogP contribution is 2.27. The minimum Gasteiger partial charge on any atom is -0.496 e. The standard InChI is InChI=1S/C12H16F3N3O2/c1-7-5-8(3-4-10(7)20-2)17-6-9(11(16)18-19)12(13,14)15/h3-5,9,17,19H,6H2,1-2H3,(H2,16,18). The summed E-state index contributed by atoms with van der Waals surface area (Å²) in [4.78, 5) is 0. The maximum atomic E-state index is 12.7. The summed E-state index contributed by atoms with van der Waals surface area (Å²) in [6.07, 6.45) is -4.59. The van der Waals surface area contributed by atoms with E-state index in [1.165, 1.54) is 7.11 Å². The Morgan fingerprint density at radius 1 is 1.50 bits per heavy atom. The predicted octanol–water partition coefficient (Wildman–Crippen LogP) is 2.34. The van der Waals surface area contributed by atoms with Crippen LogP contribution in [0.25, 0.3) is 0 Å². The summed E-state index contributed by atoms with van der Waals surface area (Å²) in [7, 11) is 1.51. The van der Waals surface area contributed by atoms with E-state index in [9.17, 15) is 13.2 Å². The average molecular weight is 291 g/mol. The first-order chi connectivity index (χ1) is 9.29. The van der Waals surface area contributed by atoms with Gasteiger partial charge in [-0.2, -0.15) is 13.2 Å². The second-order valence-electron chi connectivity index (χ2n) is 4.18. The minimum atomic E-state index is -4.59. The number of alkyl halides is 3. The molecule has 0 aliphatic carbocycles. The summed E-state index contributed by atoms with van der Waals surface area (Å²) >= 11 is 0. The highest BCUT2D eigenvalue weighted by molar-refractivity contribution is 5.83. The molecule has 1 atom stereocenters. The molecule has 0 aliphatic heterocycles. The molecule has 112 valence electrons. The molecule has 1 aromatic rings. The zero-order valence-electron chi connectivity index (χ0n) is 11.0. The van der Waals surface area contributed by atoms with E-state index in [0.717, 1.165) is 5.56 Å². The van der Waals surface area contributed by atoms with Crippen molar-refractivity contribution in [3.05, 3.63) is 23.8 Å². The molecule has 0 aromatic heterocycles. The summed E-state index contributed by atoms with van der Waals surface area (Å²) in [6.45, 7) is 1.25. The maximum absolute atomic E-state index is 12.7. The molecule has 0 amide bonds. The number of nitrogens with zero attached hydrogens (tertiary/aromatic N) is 1. The largest absolute Gasteiger partial charge is 0.496 e. The zero-order chi connectivity index (χ0) is 15.3. The molecule has 0 radical (unpaired) electrons. The summed E-state index contributed by atoms with van der Waals surface area (Å²) < 4.78 is 43.2. The number of nitrogens with one attached hydrogen (secondary N) is 1. The van der Waals surface area contributed by atoms with Gasteiger partial charge in [-0.25, -0.2) is 0 Å². The highest BCUT2D eigenvalue weighted by Gasteiger charge is 2.42. The molecule has 0 bridgehead atoms. The van der Waals surface area contributed by atoms with Crippen molar-refractivity contribution >= 4 is 11.5 Å². The van der Waals surface area contributed by atoms with Crippen molar-refractivity contribution in [1.82, 2.24) is 0 Å². The maximum Gasteiger partial charge on any atom is 0.400 e. The Morgan fingerprint density at radius 3 is 2.60 bits per heavy atom. The minimum absolute atomic E-state index is 0.489. The SMILES string of the molecule is COc1ccc(NCC(/C(N)=N/O)C(F)(F)F)cc1C. The van der Waals surface area contributed by atoms with Crippen LogP contribution < -0.4 is 15.8 Å². The van der Waals surface area contributed by atoms with Crippen LogP contribution in [0.3, 0.4) is 0 Å². The monoisotopic (exact) mass is 291 g/mol. The van der Waals surface area contributed by atoms with Crippen LogP contribution in [0.4, 0.5) is 18.9 Å². The molecule has 0 fully saturated rings. The number of nitrogens with two attached hydrogens (primary N) is 1. The first-order valence-corrected chi connectivity index (χ1v) is 5.72. The molecule has 1 rings (SSSR count). The summed E-state index contributed by atoms with van der Waals surface area (Å²) in [5.41, 5.74) is 6.33. The van der Waals surface area contributed by atoms with Gasteiger partial charge in [-0.05, 0) is 30.7 Å². The second-order valence-corrected chi connectivity index (χ2v) is 4.18. The molecule has 0 heterocycles. The third kappa shape index (κ3) is 3.94. The van der Waals surface area contributed by atoms with Crippen LogP contribution in [-0.2, 0) is 0 Å².